The van der Waals surface area contributed by atoms with Gasteiger partial charge in [-0.2, -0.15) is 0 Å². The van der Waals surface area contributed by atoms with Crippen molar-refractivity contribution in [1.82, 2.24) is 0 Å². The first-order valence-electron chi connectivity index (χ1n) is 4.31. The number of benzene rings is 1. The Hall–Kier alpha value is -1.22. The van der Waals surface area contributed by atoms with E-state index in [1.165, 1.54) is 0 Å². The van der Waals surface area contributed by atoms with E-state index in [9.17, 15) is 0 Å². The molecular weight excluding hydrogens is 166 g/mol. The zero-order valence-electron chi connectivity index (χ0n) is 7.95. The number of aliphatic hydroxyl groups excluding tert-OH is 1. The number of hydrogen-bond acceptors (Lipinski definition) is 3. The van der Waals surface area contributed by atoms with Gasteiger partial charge in [0.1, 0.15) is 11.9 Å². The van der Waals surface area contributed by atoms with Crippen LogP contribution in [0.15, 0.2) is 24.3 Å². The molecule has 1 aromatic carbocycles. The SMILES string of the molecule is CNc1ccc(OC(C)CO)cc1. The lowest BCUT2D eigenvalue weighted by atomic mass is 10.3. The van der Waals surface area contributed by atoms with Crippen molar-refractivity contribution in [2.24, 2.45) is 0 Å². The molecule has 0 fully saturated rings. The molecule has 2 N–H and O–H groups in total. The van der Waals surface area contributed by atoms with Gasteiger partial charge < -0.3 is 15.2 Å². The molecule has 0 aliphatic carbocycles. The van der Waals surface area contributed by atoms with Crippen LogP contribution in [0.1, 0.15) is 6.92 Å². The molecule has 0 saturated heterocycles. The van der Waals surface area contributed by atoms with Crippen molar-refractivity contribution in [2.45, 2.75) is 13.0 Å². The second-order valence-corrected chi connectivity index (χ2v) is 2.89. The molecule has 3 nitrogen and oxygen atoms in total. The van der Waals surface area contributed by atoms with Crippen molar-refractivity contribution in [3.8, 4) is 5.75 Å². The lowest BCUT2D eigenvalue weighted by Gasteiger charge is -2.11. The molecular formula is C10H15NO2. The normalized spacial score (nSPS) is 12.2. The van der Waals surface area contributed by atoms with Gasteiger partial charge in [-0.15, -0.1) is 0 Å². The molecule has 0 aliphatic heterocycles. The van der Waals surface area contributed by atoms with Crippen LogP contribution in [0.3, 0.4) is 0 Å². The van der Waals surface area contributed by atoms with Crippen LogP contribution in [0.4, 0.5) is 5.69 Å². The van der Waals surface area contributed by atoms with Crippen LogP contribution in [-0.4, -0.2) is 24.9 Å². The van der Waals surface area contributed by atoms with Crippen LogP contribution in [0.2, 0.25) is 0 Å². The van der Waals surface area contributed by atoms with E-state index < -0.39 is 0 Å². The number of aliphatic hydroxyl groups is 1. The maximum atomic E-state index is 8.76. The average molecular weight is 181 g/mol. The van der Waals surface area contributed by atoms with Gasteiger partial charge in [-0.1, -0.05) is 0 Å². The Morgan fingerprint density at radius 2 is 2.00 bits per heavy atom. The highest BCUT2D eigenvalue weighted by Crippen LogP contribution is 2.16. The number of ether oxygens (including phenoxy) is 1. The Morgan fingerprint density at radius 3 is 2.46 bits per heavy atom. The molecule has 1 atom stereocenters. The maximum Gasteiger partial charge on any atom is 0.119 e. The Bertz CT molecular complexity index is 246. The first kappa shape index (κ1) is 9.86. The van der Waals surface area contributed by atoms with Crippen LogP contribution >= 0.6 is 0 Å². The predicted octanol–water partition coefficient (Wildman–Crippen LogP) is 1.49. The Labute approximate surface area is 78.3 Å². The van der Waals surface area contributed by atoms with E-state index in [2.05, 4.69) is 5.32 Å². The summed E-state index contributed by atoms with van der Waals surface area (Å²) in [6, 6.07) is 7.61. The highest BCUT2D eigenvalue weighted by atomic mass is 16.5. The van der Waals surface area contributed by atoms with Gasteiger partial charge in [-0.25, -0.2) is 0 Å². The van der Waals surface area contributed by atoms with Crippen LogP contribution in [0.25, 0.3) is 0 Å². The molecule has 0 radical (unpaired) electrons. The van der Waals surface area contributed by atoms with Crippen LogP contribution in [0.5, 0.6) is 5.75 Å². The van der Waals surface area contributed by atoms with Crippen molar-refractivity contribution in [3.05, 3.63) is 24.3 Å². The summed E-state index contributed by atoms with van der Waals surface area (Å²) in [6.45, 7) is 1.86. The zero-order chi connectivity index (χ0) is 9.68. The number of anilines is 1. The summed E-state index contributed by atoms with van der Waals surface area (Å²) in [6.07, 6.45) is -0.152. The van der Waals surface area contributed by atoms with Gasteiger partial charge in [0.2, 0.25) is 0 Å². The molecule has 1 rings (SSSR count). The minimum absolute atomic E-state index is 0.0355. The number of hydrogen-bond donors (Lipinski definition) is 2. The molecule has 3 heteroatoms. The fourth-order valence-electron chi connectivity index (χ4n) is 0.970. The molecule has 1 aromatic rings. The number of rotatable bonds is 4. The lowest BCUT2D eigenvalue weighted by Crippen LogP contribution is -2.15. The van der Waals surface area contributed by atoms with Gasteiger partial charge in [0.25, 0.3) is 0 Å². The fraction of sp³-hybridized carbons (Fsp3) is 0.400. The van der Waals surface area contributed by atoms with Crippen molar-refractivity contribution in [1.29, 1.82) is 0 Å². The predicted molar refractivity (Wildman–Crippen MR) is 53.2 cm³/mol. The quantitative estimate of drug-likeness (QED) is 0.739. The second kappa shape index (κ2) is 4.72. The topological polar surface area (TPSA) is 41.5 Å². The summed E-state index contributed by atoms with van der Waals surface area (Å²) < 4.78 is 5.39. The molecule has 0 aliphatic rings. The van der Waals surface area contributed by atoms with E-state index in [-0.39, 0.29) is 12.7 Å². The number of nitrogens with one attached hydrogen (secondary N) is 1. The van der Waals surface area contributed by atoms with Crippen molar-refractivity contribution >= 4 is 5.69 Å². The van der Waals surface area contributed by atoms with Crippen molar-refractivity contribution in [3.63, 3.8) is 0 Å². The van der Waals surface area contributed by atoms with Crippen LogP contribution in [0, 0.1) is 0 Å². The van der Waals surface area contributed by atoms with Gasteiger partial charge in [0, 0.05) is 12.7 Å². The minimum atomic E-state index is -0.152. The first-order valence-corrected chi connectivity index (χ1v) is 4.31. The van der Waals surface area contributed by atoms with E-state index >= 15 is 0 Å². The van der Waals surface area contributed by atoms with Gasteiger partial charge in [0.15, 0.2) is 0 Å². The first-order chi connectivity index (χ1) is 6.26. The highest BCUT2D eigenvalue weighted by Gasteiger charge is 2.00. The largest absolute Gasteiger partial charge is 0.488 e. The third kappa shape index (κ3) is 2.95. The second-order valence-electron chi connectivity index (χ2n) is 2.89. The smallest absolute Gasteiger partial charge is 0.119 e. The molecule has 0 spiro atoms. The molecule has 0 amide bonds. The molecule has 72 valence electrons. The van der Waals surface area contributed by atoms with Gasteiger partial charge >= 0.3 is 0 Å². The Morgan fingerprint density at radius 1 is 1.38 bits per heavy atom. The summed E-state index contributed by atoms with van der Waals surface area (Å²) in [4.78, 5) is 0. The summed E-state index contributed by atoms with van der Waals surface area (Å²) >= 11 is 0. The third-order valence-electron chi connectivity index (χ3n) is 1.74. The van der Waals surface area contributed by atoms with Crippen LogP contribution < -0.4 is 10.1 Å². The molecule has 0 saturated carbocycles. The standard InChI is InChI=1S/C10H15NO2/c1-8(7-12)13-10-5-3-9(11-2)4-6-10/h3-6,8,11-12H,7H2,1-2H3. The third-order valence-corrected chi connectivity index (χ3v) is 1.74. The summed E-state index contributed by atoms with van der Waals surface area (Å²) in [7, 11) is 1.87. The fourth-order valence-corrected chi connectivity index (χ4v) is 0.970. The molecule has 0 bridgehead atoms. The lowest BCUT2D eigenvalue weighted by molar-refractivity contribution is 0.130. The maximum absolute atomic E-state index is 8.76. The molecule has 0 aromatic heterocycles. The highest BCUT2D eigenvalue weighted by molar-refractivity contribution is 5.45. The summed E-state index contributed by atoms with van der Waals surface area (Å²) in [5, 5.41) is 11.8. The average Bonchev–Trinajstić information content (AvgIpc) is 2.19. The van der Waals surface area contributed by atoms with E-state index in [4.69, 9.17) is 9.84 Å². The van der Waals surface area contributed by atoms with Gasteiger partial charge in [0.05, 0.1) is 6.61 Å². The van der Waals surface area contributed by atoms with E-state index in [0.29, 0.717) is 0 Å². The zero-order valence-corrected chi connectivity index (χ0v) is 7.95. The van der Waals surface area contributed by atoms with Crippen molar-refractivity contribution in [2.75, 3.05) is 19.0 Å². The molecule has 13 heavy (non-hydrogen) atoms. The van der Waals surface area contributed by atoms with E-state index in [1.54, 1.807) is 0 Å². The van der Waals surface area contributed by atoms with Crippen LogP contribution in [-0.2, 0) is 0 Å². The van der Waals surface area contributed by atoms with Crippen molar-refractivity contribution < 1.29 is 9.84 Å². The minimum Gasteiger partial charge on any atom is -0.488 e. The van der Waals surface area contributed by atoms with E-state index in [1.807, 2.05) is 38.2 Å². The Balaban J connectivity index is 2.58. The monoisotopic (exact) mass is 181 g/mol. The molecule has 1 unspecified atom stereocenters. The van der Waals surface area contributed by atoms with Gasteiger partial charge in [-0.3, -0.25) is 0 Å². The molecule has 0 heterocycles. The summed E-state index contributed by atoms with van der Waals surface area (Å²) in [5.74, 6) is 0.778. The van der Waals surface area contributed by atoms with E-state index in [0.717, 1.165) is 11.4 Å². The van der Waals surface area contributed by atoms with Gasteiger partial charge in [-0.05, 0) is 31.2 Å². The summed E-state index contributed by atoms with van der Waals surface area (Å²) in [5.41, 5.74) is 1.05. The Kier molecular flexibility index (Phi) is 3.58.